The summed E-state index contributed by atoms with van der Waals surface area (Å²) in [5, 5.41) is 4.21. The third-order valence-corrected chi connectivity index (χ3v) is 2.54. The van der Waals surface area contributed by atoms with Gasteiger partial charge in [-0.25, -0.2) is 14.1 Å². The molecule has 0 saturated heterocycles. The van der Waals surface area contributed by atoms with Crippen molar-refractivity contribution in [2.24, 2.45) is 0 Å². The highest BCUT2D eigenvalue weighted by Gasteiger charge is 2.04. The average molecular weight is 240 g/mol. The second-order valence-corrected chi connectivity index (χ2v) is 3.74. The Morgan fingerprint density at radius 1 is 0.944 bits per heavy atom. The van der Waals surface area contributed by atoms with Gasteiger partial charge in [-0.3, -0.25) is 4.98 Å². The van der Waals surface area contributed by atoms with E-state index in [1.165, 1.54) is 12.1 Å². The Morgan fingerprint density at radius 3 is 2.50 bits per heavy atom. The first kappa shape index (κ1) is 10.6. The molecule has 0 spiro atoms. The molecular formula is C13H9FN4. The largest absolute Gasteiger partial charge is 0.259 e. The highest BCUT2D eigenvalue weighted by Crippen LogP contribution is 2.19. The molecule has 0 fully saturated rings. The summed E-state index contributed by atoms with van der Waals surface area (Å²) in [5.74, 6) is 0.394. The van der Waals surface area contributed by atoms with Gasteiger partial charge in [-0.2, -0.15) is 5.10 Å². The van der Waals surface area contributed by atoms with E-state index in [0.29, 0.717) is 5.82 Å². The summed E-state index contributed by atoms with van der Waals surface area (Å²) in [5.41, 5.74) is 1.81. The molecule has 3 aromatic rings. The first-order chi connectivity index (χ1) is 8.83. The molecule has 0 saturated carbocycles. The minimum atomic E-state index is -0.250. The van der Waals surface area contributed by atoms with Crippen molar-refractivity contribution in [1.29, 1.82) is 0 Å². The Bertz CT molecular complexity index is 646. The van der Waals surface area contributed by atoms with Gasteiger partial charge in [0.25, 0.3) is 0 Å². The number of aromatic nitrogens is 4. The van der Waals surface area contributed by atoms with Crippen LogP contribution in [0.2, 0.25) is 0 Å². The minimum absolute atomic E-state index is 0.250. The van der Waals surface area contributed by atoms with Gasteiger partial charge in [0.15, 0.2) is 5.82 Å². The molecule has 0 N–H and O–H groups in total. The van der Waals surface area contributed by atoms with Gasteiger partial charge in [0.1, 0.15) is 5.82 Å². The lowest BCUT2D eigenvalue weighted by atomic mass is 10.1. The second kappa shape index (κ2) is 4.37. The Kier molecular flexibility index (Phi) is 2.57. The Hall–Kier alpha value is -2.56. The average Bonchev–Trinajstić information content (AvgIpc) is 2.90. The molecule has 2 heterocycles. The summed E-state index contributed by atoms with van der Waals surface area (Å²) in [7, 11) is 0. The molecule has 18 heavy (non-hydrogen) atoms. The van der Waals surface area contributed by atoms with Crippen LogP contribution in [0, 0.1) is 5.82 Å². The van der Waals surface area contributed by atoms with Gasteiger partial charge in [-0.1, -0.05) is 12.1 Å². The number of hydrogen-bond acceptors (Lipinski definition) is 3. The third-order valence-electron chi connectivity index (χ3n) is 2.54. The molecule has 0 radical (unpaired) electrons. The fraction of sp³-hybridized carbons (Fsp3) is 0. The van der Waals surface area contributed by atoms with Crippen LogP contribution in [0.15, 0.2) is 55.2 Å². The predicted octanol–water partition coefficient (Wildman–Crippen LogP) is 2.47. The second-order valence-electron chi connectivity index (χ2n) is 3.74. The molecule has 1 aromatic carbocycles. The zero-order valence-corrected chi connectivity index (χ0v) is 9.36. The molecule has 4 nitrogen and oxygen atoms in total. The lowest BCUT2D eigenvalue weighted by Crippen LogP contribution is -1.97. The fourth-order valence-corrected chi connectivity index (χ4v) is 1.65. The van der Waals surface area contributed by atoms with E-state index in [2.05, 4.69) is 15.1 Å². The maximum Gasteiger partial charge on any atom is 0.171 e. The third kappa shape index (κ3) is 1.98. The lowest BCUT2D eigenvalue weighted by molar-refractivity contribution is 0.628. The first-order valence-corrected chi connectivity index (χ1v) is 5.40. The standard InChI is InChI=1S/C13H9FN4/c14-12-3-1-10(2-4-12)11-7-17-18(9-11)13-8-15-5-6-16-13/h1-9H. The van der Waals surface area contributed by atoms with Crippen molar-refractivity contribution in [3.63, 3.8) is 0 Å². The highest BCUT2D eigenvalue weighted by molar-refractivity contribution is 5.61. The van der Waals surface area contributed by atoms with E-state index in [9.17, 15) is 4.39 Å². The maximum absolute atomic E-state index is 12.8. The predicted molar refractivity (Wildman–Crippen MR) is 64.5 cm³/mol. The van der Waals surface area contributed by atoms with E-state index in [0.717, 1.165) is 11.1 Å². The zero-order chi connectivity index (χ0) is 12.4. The summed E-state index contributed by atoms with van der Waals surface area (Å²) < 4.78 is 14.5. The topological polar surface area (TPSA) is 43.6 Å². The van der Waals surface area contributed by atoms with Crippen LogP contribution in [0.25, 0.3) is 16.9 Å². The van der Waals surface area contributed by atoms with Gasteiger partial charge >= 0.3 is 0 Å². The van der Waals surface area contributed by atoms with Crippen molar-refractivity contribution in [3.05, 3.63) is 61.1 Å². The number of halogens is 1. The molecule has 3 rings (SSSR count). The summed E-state index contributed by atoms with van der Waals surface area (Å²) in [6.45, 7) is 0. The van der Waals surface area contributed by atoms with Crippen LogP contribution >= 0.6 is 0 Å². The number of nitrogens with zero attached hydrogens (tertiary/aromatic N) is 4. The Balaban J connectivity index is 1.97. The lowest BCUT2D eigenvalue weighted by Gasteiger charge is -1.98. The molecule has 0 aliphatic rings. The first-order valence-electron chi connectivity index (χ1n) is 5.40. The van der Waals surface area contributed by atoms with Gasteiger partial charge in [0, 0.05) is 24.2 Å². The van der Waals surface area contributed by atoms with Crippen LogP contribution in [0.5, 0.6) is 0 Å². The molecule has 5 heteroatoms. The monoisotopic (exact) mass is 240 g/mol. The van der Waals surface area contributed by atoms with Crippen molar-refractivity contribution < 1.29 is 4.39 Å². The van der Waals surface area contributed by atoms with Crippen LogP contribution in [0.1, 0.15) is 0 Å². The van der Waals surface area contributed by atoms with Crippen LogP contribution in [0.4, 0.5) is 4.39 Å². The van der Waals surface area contributed by atoms with Gasteiger partial charge in [0.05, 0.1) is 12.4 Å². The van der Waals surface area contributed by atoms with Crippen molar-refractivity contribution in [2.75, 3.05) is 0 Å². The number of rotatable bonds is 2. The van der Waals surface area contributed by atoms with Crippen molar-refractivity contribution >= 4 is 0 Å². The van der Waals surface area contributed by atoms with Gasteiger partial charge in [-0.05, 0) is 17.7 Å². The Morgan fingerprint density at radius 2 is 1.78 bits per heavy atom. The van der Waals surface area contributed by atoms with Crippen molar-refractivity contribution in [2.45, 2.75) is 0 Å². The molecule has 0 unspecified atom stereocenters. The van der Waals surface area contributed by atoms with Crippen molar-refractivity contribution in [1.82, 2.24) is 19.7 Å². The smallest absolute Gasteiger partial charge is 0.171 e. The molecule has 0 aliphatic carbocycles. The summed E-state index contributed by atoms with van der Waals surface area (Å²) in [6.07, 6.45) is 8.38. The van der Waals surface area contributed by atoms with Gasteiger partial charge in [0.2, 0.25) is 0 Å². The van der Waals surface area contributed by atoms with Crippen molar-refractivity contribution in [3.8, 4) is 16.9 Å². The minimum Gasteiger partial charge on any atom is -0.259 e. The van der Waals surface area contributed by atoms with Crippen LogP contribution < -0.4 is 0 Å². The van der Waals surface area contributed by atoms with E-state index in [4.69, 9.17) is 0 Å². The molecule has 0 bridgehead atoms. The van der Waals surface area contributed by atoms with E-state index in [1.807, 2.05) is 6.20 Å². The maximum atomic E-state index is 12.8. The van der Waals surface area contributed by atoms with Crippen LogP contribution in [-0.4, -0.2) is 19.7 Å². The molecule has 88 valence electrons. The number of benzene rings is 1. The summed E-state index contributed by atoms with van der Waals surface area (Å²) in [4.78, 5) is 8.13. The highest BCUT2D eigenvalue weighted by atomic mass is 19.1. The molecule has 2 aromatic heterocycles. The fourth-order valence-electron chi connectivity index (χ4n) is 1.65. The van der Waals surface area contributed by atoms with Gasteiger partial charge < -0.3 is 0 Å². The summed E-state index contributed by atoms with van der Waals surface area (Å²) >= 11 is 0. The zero-order valence-electron chi connectivity index (χ0n) is 9.36. The Labute approximate surface area is 103 Å². The van der Waals surface area contributed by atoms with E-state index < -0.39 is 0 Å². The van der Waals surface area contributed by atoms with E-state index >= 15 is 0 Å². The SMILES string of the molecule is Fc1ccc(-c2cnn(-c3cnccn3)c2)cc1. The molecule has 0 amide bonds. The van der Waals surface area contributed by atoms with Gasteiger partial charge in [-0.15, -0.1) is 0 Å². The normalized spacial score (nSPS) is 10.5. The number of hydrogen-bond donors (Lipinski definition) is 0. The quantitative estimate of drug-likeness (QED) is 0.691. The molecule has 0 aliphatic heterocycles. The molecule has 0 atom stereocenters. The molecular weight excluding hydrogens is 231 g/mol. The van der Waals surface area contributed by atoms with E-state index in [-0.39, 0.29) is 5.82 Å². The van der Waals surface area contributed by atoms with Crippen LogP contribution in [-0.2, 0) is 0 Å². The summed E-state index contributed by atoms with van der Waals surface area (Å²) in [6, 6.07) is 6.28. The van der Waals surface area contributed by atoms with Crippen LogP contribution in [0.3, 0.4) is 0 Å². The van der Waals surface area contributed by atoms with E-state index in [1.54, 1.807) is 41.6 Å².